The number of nitrogens with zero attached hydrogens (tertiary/aromatic N) is 1. The minimum absolute atomic E-state index is 0.242. The van der Waals surface area contributed by atoms with Crippen molar-refractivity contribution in [2.75, 3.05) is 27.8 Å². The van der Waals surface area contributed by atoms with E-state index in [2.05, 4.69) is 26.0 Å². The quantitative estimate of drug-likeness (QED) is 0.683. The molecule has 0 heterocycles. The molecule has 134 valence electrons. The van der Waals surface area contributed by atoms with Crippen LogP contribution >= 0.6 is 0 Å². The molecule has 0 aromatic heterocycles. The van der Waals surface area contributed by atoms with Crippen LogP contribution in [0.3, 0.4) is 0 Å². The predicted molar refractivity (Wildman–Crippen MR) is 96.7 cm³/mol. The third-order valence-electron chi connectivity index (χ3n) is 4.81. The molecule has 1 aliphatic carbocycles. The van der Waals surface area contributed by atoms with E-state index in [1.165, 1.54) is 18.4 Å². The molecule has 1 aromatic carbocycles. The maximum atomic E-state index is 12.2. The molecule has 1 unspecified atom stereocenters. The molecule has 1 atom stereocenters. The summed E-state index contributed by atoms with van der Waals surface area (Å²) < 4.78 is 10.8. The summed E-state index contributed by atoms with van der Waals surface area (Å²) in [6.45, 7) is 4.98. The lowest BCUT2D eigenvalue weighted by Crippen LogP contribution is -2.29. The van der Waals surface area contributed by atoms with Crippen LogP contribution in [0.2, 0.25) is 0 Å². The van der Waals surface area contributed by atoms with Crippen LogP contribution in [0.4, 0.5) is 0 Å². The second-order valence-electron chi connectivity index (χ2n) is 7.26. The number of amides is 1. The van der Waals surface area contributed by atoms with Crippen LogP contribution in [0.25, 0.3) is 0 Å². The molecular formula is C20H31NO3. The molecule has 1 aromatic rings. The Labute approximate surface area is 146 Å². The number of carbonyl (C=O) groups is 1. The number of ether oxygens (including phenoxy) is 2. The zero-order valence-electron chi connectivity index (χ0n) is 15.7. The van der Waals surface area contributed by atoms with Gasteiger partial charge in [0.15, 0.2) is 11.5 Å². The first kappa shape index (κ1) is 18.6. The topological polar surface area (TPSA) is 38.8 Å². The predicted octanol–water partition coefficient (Wildman–Crippen LogP) is 4.09. The third-order valence-corrected chi connectivity index (χ3v) is 4.81. The van der Waals surface area contributed by atoms with Crippen LogP contribution in [0.5, 0.6) is 11.5 Å². The Morgan fingerprint density at radius 1 is 1.21 bits per heavy atom. The van der Waals surface area contributed by atoms with E-state index >= 15 is 0 Å². The molecule has 1 aliphatic rings. The molecule has 4 heteroatoms. The summed E-state index contributed by atoms with van der Waals surface area (Å²) >= 11 is 0. The van der Waals surface area contributed by atoms with Crippen molar-refractivity contribution in [3.63, 3.8) is 0 Å². The van der Waals surface area contributed by atoms with Crippen LogP contribution in [-0.2, 0) is 4.79 Å². The van der Waals surface area contributed by atoms with Crippen molar-refractivity contribution in [3.8, 4) is 11.5 Å². The lowest BCUT2D eigenvalue weighted by Gasteiger charge is -2.23. The molecule has 0 saturated heterocycles. The fourth-order valence-electron chi connectivity index (χ4n) is 3.22. The van der Waals surface area contributed by atoms with E-state index in [0.29, 0.717) is 18.3 Å². The molecule has 24 heavy (non-hydrogen) atoms. The highest BCUT2D eigenvalue weighted by atomic mass is 16.5. The molecule has 0 radical (unpaired) electrons. The van der Waals surface area contributed by atoms with E-state index in [4.69, 9.17) is 9.47 Å². The molecule has 1 fully saturated rings. The lowest BCUT2D eigenvalue weighted by molar-refractivity contribution is -0.130. The Balaban J connectivity index is 2.04. The van der Waals surface area contributed by atoms with E-state index in [-0.39, 0.29) is 5.91 Å². The fraction of sp³-hybridized carbons (Fsp3) is 0.650. The first-order valence-corrected chi connectivity index (χ1v) is 8.92. The Bertz CT molecular complexity index is 552. The number of hydrogen-bond acceptors (Lipinski definition) is 3. The Morgan fingerprint density at radius 2 is 1.88 bits per heavy atom. The maximum absolute atomic E-state index is 12.2. The summed E-state index contributed by atoms with van der Waals surface area (Å²) in [6.07, 6.45) is 4.19. The largest absolute Gasteiger partial charge is 0.493 e. The highest BCUT2D eigenvalue weighted by molar-refractivity contribution is 5.76. The van der Waals surface area contributed by atoms with Gasteiger partial charge in [0.1, 0.15) is 0 Å². The molecule has 0 N–H and O–H groups in total. The fourth-order valence-corrected chi connectivity index (χ4v) is 3.22. The lowest BCUT2D eigenvalue weighted by atomic mass is 9.90. The van der Waals surface area contributed by atoms with Gasteiger partial charge in [0.2, 0.25) is 5.91 Å². The van der Waals surface area contributed by atoms with Crippen molar-refractivity contribution in [1.82, 2.24) is 4.90 Å². The summed E-state index contributed by atoms with van der Waals surface area (Å²) in [6, 6.07) is 6.22. The van der Waals surface area contributed by atoms with Crippen LogP contribution in [0, 0.1) is 11.8 Å². The van der Waals surface area contributed by atoms with Gasteiger partial charge in [-0.2, -0.15) is 0 Å². The van der Waals surface area contributed by atoms with Crippen molar-refractivity contribution in [2.24, 2.45) is 11.8 Å². The summed E-state index contributed by atoms with van der Waals surface area (Å²) in [5, 5.41) is 0. The second-order valence-corrected chi connectivity index (χ2v) is 7.26. The number of rotatable bonds is 9. The first-order chi connectivity index (χ1) is 11.5. The van der Waals surface area contributed by atoms with Gasteiger partial charge in [-0.25, -0.2) is 0 Å². The van der Waals surface area contributed by atoms with E-state index < -0.39 is 0 Å². The molecular weight excluding hydrogens is 302 g/mol. The van der Waals surface area contributed by atoms with Crippen molar-refractivity contribution in [3.05, 3.63) is 23.8 Å². The van der Waals surface area contributed by atoms with Crippen molar-refractivity contribution in [2.45, 2.75) is 45.4 Å². The highest BCUT2D eigenvalue weighted by Gasteiger charge is 2.32. The van der Waals surface area contributed by atoms with E-state index in [1.54, 1.807) is 14.2 Å². The van der Waals surface area contributed by atoms with Crippen molar-refractivity contribution >= 4 is 5.91 Å². The average Bonchev–Trinajstić information content (AvgIpc) is 3.38. The van der Waals surface area contributed by atoms with E-state index in [9.17, 15) is 4.79 Å². The summed E-state index contributed by atoms with van der Waals surface area (Å²) in [5.74, 6) is 3.41. The van der Waals surface area contributed by atoms with Gasteiger partial charge in [-0.05, 0) is 54.7 Å². The molecule has 4 nitrogen and oxygen atoms in total. The van der Waals surface area contributed by atoms with Gasteiger partial charge >= 0.3 is 0 Å². The van der Waals surface area contributed by atoms with Crippen molar-refractivity contribution in [1.29, 1.82) is 0 Å². The number of methoxy groups -OCH3 is 2. The second kappa shape index (κ2) is 8.41. The van der Waals surface area contributed by atoms with E-state index in [1.807, 2.05) is 18.0 Å². The van der Waals surface area contributed by atoms with Crippen LogP contribution in [0.15, 0.2) is 18.2 Å². The van der Waals surface area contributed by atoms with Crippen LogP contribution in [-0.4, -0.2) is 38.6 Å². The molecule has 0 aliphatic heterocycles. The van der Waals surface area contributed by atoms with E-state index in [0.717, 1.165) is 30.4 Å². The minimum Gasteiger partial charge on any atom is -0.493 e. The highest BCUT2D eigenvalue weighted by Crippen LogP contribution is 2.46. The maximum Gasteiger partial charge on any atom is 0.222 e. The number of benzene rings is 1. The summed E-state index contributed by atoms with van der Waals surface area (Å²) in [5.41, 5.74) is 1.29. The number of carbonyl (C=O) groups excluding carboxylic acids is 1. The molecule has 0 bridgehead atoms. The monoisotopic (exact) mass is 333 g/mol. The van der Waals surface area contributed by atoms with Gasteiger partial charge in [0.05, 0.1) is 14.2 Å². The third kappa shape index (κ3) is 4.89. The SMILES string of the molecule is COc1ccc(C(CCN(C)C(=O)CC(C)C)C2CC2)cc1OC. The summed E-state index contributed by atoms with van der Waals surface area (Å²) in [4.78, 5) is 14.0. The number of hydrogen-bond donors (Lipinski definition) is 0. The molecule has 2 rings (SSSR count). The van der Waals surface area contributed by atoms with Gasteiger partial charge in [-0.15, -0.1) is 0 Å². The Kier molecular flexibility index (Phi) is 6.52. The zero-order chi connectivity index (χ0) is 17.7. The molecule has 0 spiro atoms. The normalized spacial score (nSPS) is 15.2. The van der Waals surface area contributed by atoms with Gasteiger partial charge in [0.25, 0.3) is 0 Å². The Morgan fingerprint density at radius 3 is 2.42 bits per heavy atom. The van der Waals surface area contributed by atoms with Crippen LogP contribution in [0.1, 0.15) is 51.0 Å². The zero-order valence-corrected chi connectivity index (χ0v) is 15.7. The molecule has 1 saturated carbocycles. The minimum atomic E-state index is 0.242. The smallest absolute Gasteiger partial charge is 0.222 e. The van der Waals surface area contributed by atoms with Gasteiger partial charge < -0.3 is 14.4 Å². The summed E-state index contributed by atoms with van der Waals surface area (Å²) in [7, 11) is 5.25. The standard InChI is InChI=1S/C20H31NO3/c1-14(2)12-20(22)21(3)11-10-17(15-6-7-15)16-8-9-18(23-4)19(13-16)24-5/h8-9,13-15,17H,6-7,10-12H2,1-5H3. The average molecular weight is 333 g/mol. The first-order valence-electron chi connectivity index (χ1n) is 8.92. The van der Waals surface area contributed by atoms with Gasteiger partial charge in [0, 0.05) is 20.0 Å². The van der Waals surface area contributed by atoms with Gasteiger partial charge in [-0.3, -0.25) is 4.79 Å². The molecule has 1 amide bonds. The van der Waals surface area contributed by atoms with Crippen molar-refractivity contribution < 1.29 is 14.3 Å². The Hall–Kier alpha value is -1.71. The van der Waals surface area contributed by atoms with Crippen LogP contribution < -0.4 is 9.47 Å². The van der Waals surface area contributed by atoms with Gasteiger partial charge in [-0.1, -0.05) is 19.9 Å².